The Hall–Kier alpha value is -0.710. The molecule has 0 bridgehead atoms. The summed E-state index contributed by atoms with van der Waals surface area (Å²) in [5, 5.41) is 12.7. The molecule has 0 aliphatic heterocycles. The minimum atomic E-state index is -0.809. The Labute approximate surface area is 113 Å². The fourth-order valence-electron chi connectivity index (χ4n) is 2.30. The molecule has 1 aliphatic rings. The number of carboxylic acids is 1. The second kappa shape index (κ2) is 6.45. The molecule has 2 N–H and O–H groups in total. The van der Waals surface area contributed by atoms with Crippen molar-refractivity contribution >= 4 is 23.6 Å². The average Bonchev–Trinajstić information content (AvgIpc) is 2.29. The monoisotopic (exact) mass is 273 g/mol. The van der Waals surface area contributed by atoms with Gasteiger partial charge >= 0.3 is 5.97 Å². The van der Waals surface area contributed by atoms with Crippen LogP contribution in [0.1, 0.15) is 46.5 Å². The van der Waals surface area contributed by atoms with Crippen LogP contribution < -0.4 is 5.32 Å². The van der Waals surface area contributed by atoms with Crippen molar-refractivity contribution in [1.82, 2.24) is 5.32 Å². The lowest BCUT2D eigenvalue weighted by molar-refractivity contribution is -0.152. The van der Waals surface area contributed by atoms with E-state index in [1.807, 2.05) is 13.8 Å². The second-order valence-corrected chi connectivity index (χ2v) is 7.01. The zero-order chi connectivity index (χ0) is 13.8. The van der Waals surface area contributed by atoms with Gasteiger partial charge in [0.2, 0.25) is 5.91 Å². The van der Waals surface area contributed by atoms with E-state index in [9.17, 15) is 14.7 Å². The summed E-state index contributed by atoms with van der Waals surface area (Å²) in [4.78, 5) is 23.2. The zero-order valence-corrected chi connectivity index (χ0v) is 12.2. The van der Waals surface area contributed by atoms with E-state index in [0.29, 0.717) is 17.4 Å². The lowest BCUT2D eigenvalue weighted by Crippen LogP contribution is -2.52. The van der Waals surface area contributed by atoms with E-state index in [0.717, 1.165) is 19.3 Å². The van der Waals surface area contributed by atoms with Gasteiger partial charge in [-0.3, -0.25) is 9.59 Å². The highest BCUT2D eigenvalue weighted by Gasteiger charge is 2.43. The maximum atomic E-state index is 11.8. The Bertz CT molecular complexity index is 319. The first kappa shape index (κ1) is 15.3. The fourth-order valence-corrected chi connectivity index (χ4v) is 2.87. The molecule has 0 heterocycles. The van der Waals surface area contributed by atoms with Gasteiger partial charge in [-0.15, -0.1) is 11.8 Å². The van der Waals surface area contributed by atoms with Gasteiger partial charge in [0.15, 0.2) is 0 Å². The number of rotatable bonds is 5. The molecule has 1 saturated carbocycles. The average molecular weight is 273 g/mol. The fraction of sp³-hybridized carbons (Fsp3) is 0.846. The van der Waals surface area contributed by atoms with Crippen LogP contribution in [0, 0.1) is 5.41 Å². The number of aliphatic carboxylic acids is 1. The first-order valence-electron chi connectivity index (χ1n) is 6.50. The van der Waals surface area contributed by atoms with Crippen molar-refractivity contribution in [3.63, 3.8) is 0 Å². The highest BCUT2D eigenvalue weighted by atomic mass is 32.2. The Morgan fingerprint density at radius 3 is 2.67 bits per heavy atom. The standard InChI is InChI=1S/C13H23NO3S/c1-9(2)18-8-11(15)14-10-6-4-5-7-13(10,3)12(16)17/h9-10H,4-8H2,1-3H3,(H,14,15)(H,16,17). The number of carbonyl (C=O) groups is 2. The summed E-state index contributed by atoms with van der Waals surface area (Å²) in [5.74, 6) is -0.443. The second-order valence-electron chi connectivity index (χ2n) is 5.45. The summed E-state index contributed by atoms with van der Waals surface area (Å²) < 4.78 is 0. The number of amides is 1. The van der Waals surface area contributed by atoms with E-state index in [1.165, 1.54) is 0 Å². The molecule has 18 heavy (non-hydrogen) atoms. The van der Waals surface area contributed by atoms with Gasteiger partial charge < -0.3 is 10.4 Å². The van der Waals surface area contributed by atoms with Crippen LogP contribution in [-0.2, 0) is 9.59 Å². The molecule has 0 aromatic rings. The number of thioether (sulfide) groups is 1. The number of hydrogen-bond acceptors (Lipinski definition) is 3. The molecule has 0 aromatic heterocycles. The Kier molecular flexibility index (Phi) is 5.50. The molecule has 0 radical (unpaired) electrons. The molecule has 104 valence electrons. The van der Waals surface area contributed by atoms with Crippen molar-refractivity contribution in [2.45, 2.75) is 57.7 Å². The molecule has 0 saturated heterocycles. The first-order valence-corrected chi connectivity index (χ1v) is 7.55. The van der Waals surface area contributed by atoms with E-state index in [2.05, 4.69) is 5.32 Å². The third-order valence-electron chi connectivity index (χ3n) is 3.58. The third kappa shape index (κ3) is 3.90. The summed E-state index contributed by atoms with van der Waals surface area (Å²) >= 11 is 1.58. The van der Waals surface area contributed by atoms with Crippen molar-refractivity contribution in [2.75, 3.05) is 5.75 Å². The molecule has 2 unspecified atom stereocenters. The van der Waals surface area contributed by atoms with Gasteiger partial charge in [0, 0.05) is 6.04 Å². The van der Waals surface area contributed by atoms with Gasteiger partial charge in [-0.05, 0) is 25.0 Å². The summed E-state index contributed by atoms with van der Waals surface area (Å²) in [7, 11) is 0. The summed E-state index contributed by atoms with van der Waals surface area (Å²) in [6.45, 7) is 5.83. The predicted octanol–water partition coefficient (Wildman–Crippen LogP) is 2.28. The molecule has 1 fully saturated rings. The normalized spacial score (nSPS) is 28.1. The Morgan fingerprint density at radius 1 is 1.44 bits per heavy atom. The maximum Gasteiger partial charge on any atom is 0.311 e. The van der Waals surface area contributed by atoms with Crippen LogP contribution in [0.4, 0.5) is 0 Å². The van der Waals surface area contributed by atoms with E-state index in [-0.39, 0.29) is 11.9 Å². The Balaban J connectivity index is 2.57. The topological polar surface area (TPSA) is 66.4 Å². The summed E-state index contributed by atoms with van der Waals surface area (Å²) in [5.41, 5.74) is -0.809. The highest BCUT2D eigenvalue weighted by molar-refractivity contribution is 8.00. The molecule has 0 spiro atoms. The van der Waals surface area contributed by atoms with E-state index in [4.69, 9.17) is 0 Å². The van der Waals surface area contributed by atoms with E-state index in [1.54, 1.807) is 18.7 Å². The maximum absolute atomic E-state index is 11.8. The quantitative estimate of drug-likeness (QED) is 0.806. The molecular formula is C13H23NO3S. The zero-order valence-electron chi connectivity index (χ0n) is 11.4. The van der Waals surface area contributed by atoms with Crippen LogP contribution in [0.25, 0.3) is 0 Å². The third-order valence-corrected chi connectivity index (χ3v) is 4.68. The molecule has 1 aliphatic carbocycles. The molecule has 1 rings (SSSR count). The van der Waals surface area contributed by atoms with Crippen LogP contribution >= 0.6 is 11.8 Å². The van der Waals surface area contributed by atoms with Gasteiger partial charge in [0.25, 0.3) is 0 Å². The van der Waals surface area contributed by atoms with Crippen LogP contribution in [0.15, 0.2) is 0 Å². The number of carbonyl (C=O) groups excluding carboxylic acids is 1. The molecule has 4 nitrogen and oxygen atoms in total. The first-order chi connectivity index (χ1) is 8.36. The summed E-state index contributed by atoms with van der Waals surface area (Å²) in [6, 6.07) is -0.232. The van der Waals surface area contributed by atoms with Gasteiger partial charge in [0.1, 0.15) is 0 Å². The molecule has 2 atom stereocenters. The van der Waals surface area contributed by atoms with Crippen molar-refractivity contribution < 1.29 is 14.7 Å². The summed E-state index contributed by atoms with van der Waals surface area (Å²) in [6.07, 6.45) is 3.33. The Morgan fingerprint density at radius 2 is 2.11 bits per heavy atom. The van der Waals surface area contributed by atoms with Crippen molar-refractivity contribution in [2.24, 2.45) is 5.41 Å². The van der Waals surface area contributed by atoms with Crippen LogP contribution in [-0.4, -0.2) is 34.0 Å². The van der Waals surface area contributed by atoms with Crippen LogP contribution in [0.3, 0.4) is 0 Å². The highest BCUT2D eigenvalue weighted by Crippen LogP contribution is 2.36. The van der Waals surface area contributed by atoms with Crippen molar-refractivity contribution in [1.29, 1.82) is 0 Å². The minimum absolute atomic E-state index is 0.0481. The largest absolute Gasteiger partial charge is 0.481 e. The number of carboxylic acid groups (broad SMARTS) is 1. The molecule has 1 amide bonds. The van der Waals surface area contributed by atoms with Crippen LogP contribution in [0.2, 0.25) is 0 Å². The number of nitrogens with one attached hydrogen (secondary N) is 1. The van der Waals surface area contributed by atoms with E-state index < -0.39 is 11.4 Å². The molecule has 5 heteroatoms. The van der Waals surface area contributed by atoms with E-state index >= 15 is 0 Å². The van der Waals surface area contributed by atoms with Crippen molar-refractivity contribution in [3.8, 4) is 0 Å². The van der Waals surface area contributed by atoms with Gasteiger partial charge in [-0.1, -0.05) is 26.7 Å². The number of hydrogen-bond donors (Lipinski definition) is 2. The van der Waals surface area contributed by atoms with Gasteiger partial charge in [-0.2, -0.15) is 0 Å². The predicted molar refractivity (Wildman–Crippen MR) is 73.7 cm³/mol. The van der Waals surface area contributed by atoms with Gasteiger partial charge in [-0.25, -0.2) is 0 Å². The SMILES string of the molecule is CC(C)SCC(=O)NC1CCCCC1(C)C(=O)O. The van der Waals surface area contributed by atoms with Gasteiger partial charge in [0.05, 0.1) is 11.2 Å². The lowest BCUT2D eigenvalue weighted by Gasteiger charge is -2.38. The molecule has 0 aromatic carbocycles. The lowest BCUT2D eigenvalue weighted by atomic mass is 9.71. The van der Waals surface area contributed by atoms with Crippen LogP contribution in [0.5, 0.6) is 0 Å². The van der Waals surface area contributed by atoms with Crippen molar-refractivity contribution in [3.05, 3.63) is 0 Å². The molecular weight excluding hydrogens is 250 g/mol. The smallest absolute Gasteiger partial charge is 0.311 e. The minimum Gasteiger partial charge on any atom is -0.481 e.